The summed E-state index contributed by atoms with van der Waals surface area (Å²) in [6.07, 6.45) is 1.70. The van der Waals surface area contributed by atoms with Gasteiger partial charge in [-0.1, -0.05) is 24.8 Å². The number of ether oxygens (including phenoxy) is 3. The predicted molar refractivity (Wildman–Crippen MR) is 93.8 cm³/mol. The van der Waals surface area contributed by atoms with Crippen LogP contribution in [0.25, 0.3) is 0 Å². The van der Waals surface area contributed by atoms with E-state index >= 15 is 0 Å². The summed E-state index contributed by atoms with van der Waals surface area (Å²) in [5, 5.41) is 0. The minimum Gasteiger partial charge on any atom is -0.493 e. The van der Waals surface area contributed by atoms with Crippen molar-refractivity contribution in [3.05, 3.63) is 72.3 Å². The summed E-state index contributed by atoms with van der Waals surface area (Å²) in [5.74, 6) is 0.301. The molecule has 2 aromatic rings. The molecule has 5 heteroatoms. The van der Waals surface area contributed by atoms with Gasteiger partial charge in [-0.05, 0) is 42.8 Å². The summed E-state index contributed by atoms with van der Waals surface area (Å²) in [6, 6.07) is 14.0. The number of carbonyl (C=O) groups is 2. The number of carbonyl (C=O) groups excluding carboxylic acids is 2. The molecule has 0 amide bonds. The van der Waals surface area contributed by atoms with E-state index in [1.807, 2.05) is 13.0 Å². The Morgan fingerprint density at radius 2 is 1.84 bits per heavy atom. The van der Waals surface area contributed by atoms with Gasteiger partial charge in [-0.25, -0.2) is 9.59 Å². The lowest BCUT2D eigenvalue weighted by atomic mass is 10.2. The maximum atomic E-state index is 12.1. The Morgan fingerprint density at radius 3 is 2.52 bits per heavy atom. The highest BCUT2D eigenvalue weighted by molar-refractivity contribution is 5.91. The topological polar surface area (TPSA) is 61.8 Å². The molecule has 0 aromatic heterocycles. The summed E-state index contributed by atoms with van der Waals surface area (Å²) >= 11 is 0. The molecule has 0 aliphatic carbocycles. The van der Waals surface area contributed by atoms with Gasteiger partial charge in [0, 0.05) is 12.5 Å². The van der Waals surface area contributed by atoms with Gasteiger partial charge in [0.1, 0.15) is 11.5 Å². The van der Waals surface area contributed by atoms with Crippen LogP contribution in [0.4, 0.5) is 0 Å². The van der Waals surface area contributed by atoms with E-state index in [0.29, 0.717) is 30.1 Å². The fraction of sp³-hybridized carbons (Fsp3) is 0.200. The van der Waals surface area contributed by atoms with Crippen LogP contribution in [0.5, 0.6) is 11.5 Å². The van der Waals surface area contributed by atoms with E-state index in [0.717, 1.165) is 11.6 Å². The molecule has 0 saturated heterocycles. The highest BCUT2D eigenvalue weighted by Gasteiger charge is 2.10. The van der Waals surface area contributed by atoms with Crippen molar-refractivity contribution in [1.82, 2.24) is 0 Å². The van der Waals surface area contributed by atoms with Crippen molar-refractivity contribution in [2.45, 2.75) is 13.3 Å². The van der Waals surface area contributed by atoms with Gasteiger partial charge in [0.25, 0.3) is 0 Å². The second-order valence-electron chi connectivity index (χ2n) is 5.26. The SMILES string of the molecule is C=CC(=O)OCCCOc1ccc(OC(=O)c2ccccc2)c(C)c1. The molecule has 130 valence electrons. The highest BCUT2D eigenvalue weighted by Crippen LogP contribution is 2.24. The molecule has 0 aliphatic heterocycles. The second kappa shape index (κ2) is 9.27. The zero-order valence-corrected chi connectivity index (χ0v) is 14.1. The molecular formula is C20H20O5. The van der Waals surface area contributed by atoms with Crippen LogP contribution in [-0.4, -0.2) is 25.2 Å². The lowest BCUT2D eigenvalue weighted by Crippen LogP contribution is -2.09. The van der Waals surface area contributed by atoms with Gasteiger partial charge >= 0.3 is 11.9 Å². The third kappa shape index (κ3) is 5.80. The molecule has 5 nitrogen and oxygen atoms in total. The Kier molecular flexibility index (Phi) is 6.77. The number of hydrogen-bond acceptors (Lipinski definition) is 5. The molecule has 0 heterocycles. The Morgan fingerprint density at radius 1 is 1.08 bits per heavy atom. The molecule has 0 aliphatic rings. The highest BCUT2D eigenvalue weighted by atomic mass is 16.5. The molecule has 0 fully saturated rings. The average Bonchev–Trinajstić information content (AvgIpc) is 2.64. The van der Waals surface area contributed by atoms with Gasteiger partial charge in [-0.3, -0.25) is 0 Å². The van der Waals surface area contributed by atoms with E-state index in [1.165, 1.54) is 0 Å². The molecular weight excluding hydrogens is 320 g/mol. The number of hydrogen-bond donors (Lipinski definition) is 0. The monoisotopic (exact) mass is 340 g/mol. The van der Waals surface area contributed by atoms with Crippen molar-refractivity contribution in [2.24, 2.45) is 0 Å². The van der Waals surface area contributed by atoms with Crippen molar-refractivity contribution >= 4 is 11.9 Å². The Hall–Kier alpha value is -3.08. The lowest BCUT2D eigenvalue weighted by Gasteiger charge is -2.11. The summed E-state index contributed by atoms with van der Waals surface area (Å²) in [7, 11) is 0. The van der Waals surface area contributed by atoms with Gasteiger partial charge < -0.3 is 14.2 Å². The maximum absolute atomic E-state index is 12.1. The largest absolute Gasteiger partial charge is 0.493 e. The zero-order valence-electron chi connectivity index (χ0n) is 14.1. The van der Waals surface area contributed by atoms with E-state index < -0.39 is 11.9 Å². The molecule has 25 heavy (non-hydrogen) atoms. The van der Waals surface area contributed by atoms with Gasteiger partial charge in [0.15, 0.2) is 0 Å². The van der Waals surface area contributed by atoms with Crippen molar-refractivity contribution in [3.8, 4) is 11.5 Å². The first-order chi connectivity index (χ1) is 12.1. The summed E-state index contributed by atoms with van der Waals surface area (Å²) in [5.41, 5.74) is 1.29. The smallest absolute Gasteiger partial charge is 0.343 e. The summed E-state index contributed by atoms with van der Waals surface area (Å²) < 4.78 is 15.9. The first-order valence-corrected chi connectivity index (χ1v) is 7.90. The first kappa shape index (κ1) is 18.3. The number of esters is 2. The predicted octanol–water partition coefficient (Wildman–Crippen LogP) is 3.71. The molecule has 0 unspecified atom stereocenters. The quantitative estimate of drug-likeness (QED) is 0.317. The van der Waals surface area contributed by atoms with E-state index in [-0.39, 0.29) is 6.61 Å². The lowest BCUT2D eigenvalue weighted by molar-refractivity contribution is -0.137. The summed E-state index contributed by atoms with van der Waals surface area (Å²) in [4.78, 5) is 23.0. The van der Waals surface area contributed by atoms with Crippen LogP contribution in [0, 0.1) is 6.92 Å². The minimum atomic E-state index is -0.444. The Labute approximate surface area is 146 Å². The van der Waals surface area contributed by atoms with E-state index in [9.17, 15) is 9.59 Å². The first-order valence-electron chi connectivity index (χ1n) is 7.90. The van der Waals surface area contributed by atoms with Crippen molar-refractivity contribution < 1.29 is 23.8 Å². The Bertz CT molecular complexity index is 737. The average molecular weight is 340 g/mol. The fourth-order valence-electron chi connectivity index (χ4n) is 2.04. The molecule has 0 atom stereocenters. The van der Waals surface area contributed by atoms with Crippen molar-refractivity contribution in [1.29, 1.82) is 0 Å². The van der Waals surface area contributed by atoms with Crippen LogP contribution >= 0.6 is 0 Å². The maximum Gasteiger partial charge on any atom is 0.343 e. The minimum absolute atomic E-state index is 0.274. The molecule has 2 rings (SSSR count). The van der Waals surface area contributed by atoms with E-state index in [4.69, 9.17) is 14.2 Å². The van der Waals surface area contributed by atoms with Gasteiger partial charge in [-0.2, -0.15) is 0 Å². The van der Waals surface area contributed by atoms with Crippen LogP contribution in [0.2, 0.25) is 0 Å². The molecule has 0 bridgehead atoms. The van der Waals surface area contributed by atoms with Crippen LogP contribution in [-0.2, 0) is 9.53 Å². The third-order valence-corrected chi connectivity index (χ3v) is 3.33. The van der Waals surface area contributed by atoms with Crippen molar-refractivity contribution in [3.63, 3.8) is 0 Å². The van der Waals surface area contributed by atoms with Crippen LogP contribution in [0.3, 0.4) is 0 Å². The number of benzene rings is 2. The molecule has 0 saturated carbocycles. The normalized spacial score (nSPS) is 9.96. The van der Waals surface area contributed by atoms with Crippen LogP contribution in [0.15, 0.2) is 61.2 Å². The standard InChI is InChI=1S/C20H20O5/c1-3-19(21)24-13-7-12-23-17-10-11-18(15(2)14-17)25-20(22)16-8-5-4-6-9-16/h3-6,8-11,14H,1,7,12-13H2,2H3. The Balaban J connectivity index is 1.84. The molecule has 0 radical (unpaired) electrons. The third-order valence-electron chi connectivity index (χ3n) is 3.33. The fourth-order valence-corrected chi connectivity index (χ4v) is 2.04. The van der Waals surface area contributed by atoms with Crippen LogP contribution < -0.4 is 9.47 Å². The van der Waals surface area contributed by atoms with E-state index in [2.05, 4.69) is 6.58 Å². The second-order valence-corrected chi connectivity index (χ2v) is 5.26. The zero-order chi connectivity index (χ0) is 18.1. The van der Waals surface area contributed by atoms with Crippen molar-refractivity contribution in [2.75, 3.05) is 13.2 Å². The summed E-state index contributed by atoms with van der Waals surface area (Å²) in [6.45, 7) is 5.85. The van der Waals surface area contributed by atoms with E-state index in [1.54, 1.807) is 42.5 Å². The molecule has 2 aromatic carbocycles. The molecule has 0 spiro atoms. The molecule has 0 N–H and O–H groups in total. The number of aryl methyl sites for hydroxylation is 1. The van der Waals surface area contributed by atoms with Crippen LogP contribution in [0.1, 0.15) is 22.3 Å². The number of rotatable bonds is 8. The van der Waals surface area contributed by atoms with Gasteiger partial charge in [0.2, 0.25) is 0 Å². The van der Waals surface area contributed by atoms with Gasteiger partial charge in [0.05, 0.1) is 18.8 Å². The van der Waals surface area contributed by atoms with Gasteiger partial charge in [-0.15, -0.1) is 0 Å².